The van der Waals surface area contributed by atoms with Gasteiger partial charge in [-0.15, -0.1) is 0 Å². The summed E-state index contributed by atoms with van der Waals surface area (Å²) >= 11 is 0. The van der Waals surface area contributed by atoms with Crippen molar-refractivity contribution in [3.63, 3.8) is 0 Å². The van der Waals surface area contributed by atoms with Crippen molar-refractivity contribution >= 4 is 23.8 Å². The smallest absolute Gasteiger partial charge is 0.303 e. The maximum Gasteiger partial charge on any atom is 0.303 e. The molecule has 1 heterocycles. The molecule has 0 aromatic carbocycles. The van der Waals surface area contributed by atoms with Gasteiger partial charge in [-0.05, 0) is 25.7 Å². The lowest BCUT2D eigenvalue weighted by atomic mass is 9.96. The van der Waals surface area contributed by atoms with Gasteiger partial charge in [0, 0.05) is 27.2 Å². The summed E-state index contributed by atoms with van der Waals surface area (Å²) in [6.45, 7) is 5.29. The van der Waals surface area contributed by atoms with Crippen LogP contribution in [0.1, 0.15) is 72.6 Å². The Morgan fingerprint density at radius 1 is 0.933 bits per heavy atom. The molecule has 2 rings (SSSR count). The van der Waals surface area contributed by atoms with Crippen LogP contribution in [0.15, 0.2) is 4.99 Å². The average Bonchev–Trinajstić information content (AvgIpc) is 2.92. The van der Waals surface area contributed by atoms with Crippen LogP contribution in [0.2, 0.25) is 0 Å². The second-order valence-corrected chi connectivity index (χ2v) is 7.99. The summed E-state index contributed by atoms with van der Waals surface area (Å²) in [4.78, 5) is 50.4. The normalized spacial score (nSPS) is 28.1. The van der Waals surface area contributed by atoms with E-state index in [2.05, 4.69) is 4.99 Å². The number of ether oxygens (including phenoxy) is 3. The molecule has 0 spiro atoms. The van der Waals surface area contributed by atoms with Crippen LogP contribution in [-0.2, 0) is 38.4 Å². The zero-order chi connectivity index (χ0) is 22.1. The molecule has 0 saturated heterocycles. The fourth-order valence-corrected chi connectivity index (χ4v) is 3.90. The quantitative estimate of drug-likeness (QED) is 0.275. The van der Waals surface area contributed by atoms with E-state index in [0.29, 0.717) is 18.2 Å². The highest BCUT2D eigenvalue weighted by Crippen LogP contribution is 2.28. The van der Waals surface area contributed by atoms with Crippen molar-refractivity contribution in [3.8, 4) is 0 Å². The van der Waals surface area contributed by atoms with Gasteiger partial charge in [0.15, 0.2) is 18.3 Å². The number of carbonyl (C=O) groups is 3. The number of carbonyl (C=O) groups excluding carboxylic acids is 3. The third-order valence-electron chi connectivity index (χ3n) is 5.27. The molecule has 1 saturated carbocycles. The molecule has 9 heteroatoms. The Balaban J connectivity index is 2.26. The average molecular weight is 427 g/mol. The SMILES string of the molecule is CC(=O)OCC1OOC(CC2CCCCCC2)=N[C@H](C)C(OC(C)=O)[C@@H]1OC(C)=O. The molecule has 0 aromatic rings. The minimum atomic E-state index is -1.05. The van der Waals surface area contributed by atoms with Crippen LogP contribution in [0.5, 0.6) is 0 Å². The molecule has 1 aliphatic heterocycles. The summed E-state index contributed by atoms with van der Waals surface area (Å²) < 4.78 is 15.9. The molecule has 1 fully saturated rings. The molecule has 0 bridgehead atoms. The van der Waals surface area contributed by atoms with Crippen LogP contribution in [-0.4, -0.2) is 54.8 Å². The van der Waals surface area contributed by atoms with Gasteiger partial charge in [-0.25, -0.2) is 4.99 Å². The van der Waals surface area contributed by atoms with Gasteiger partial charge in [-0.1, -0.05) is 25.7 Å². The molecule has 1 aliphatic carbocycles. The highest BCUT2D eigenvalue weighted by Gasteiger charge is 2.42. The van der Waals surface area contributed by atoms with Gasteiger partial charge >= 0.3 is 17.9 Å². The molecule has 9 nitrogen and oxygen atoms in total. The summed E-state index contributed by atoms with van der Waals surface area (Å²) in [6.07, 6.45) is 4.67. The Kier molecular flexibility index (Phi) is 9.55. The van der Waals surface area contributed by atoms with Crippen molar-refractivity contribution in [1.82, 2.24) is 0 Å². The Labute approximate surface area is 177 Å². The highest BCUT2D eigenvalue weighted by atomic mass is 17.2. The highest BCUT2D eigenvalue weighted by molar-refractivity contribution is 5.76. The summed E-state index contributed by atoms with van der Waals surface area (Å²) in [5.41, 5.74) is 0. The number of esters is 3. The van der Waals surface area contributed by atoms with Gasteiger partial charge < -0.3 is 19.1 Å². The first kappa shape index (κ1) is 24.1. The first-order valence-electron chi connectivity index (χ1n) is 10.6. The van der Waals surface area contributed by atoms with Gasteiger partial charge in [-0.2, -0.15) is 4.89 Å². The molecule has 2 unspecified atom stereocenters. The van der Waals surface area contributed by atoms with E-state index >= 15 is 0 Å². The maximum atomic E-state index is 11.7. The summed E-state index contributed by atoms with van der Waals surface area (Å²) in [5, 5.41) is 0. The van der Waals surface area contributed by atoms with E-state index in [0.717, 1.165) is 12.8 Å². The molecular formula is C21H33NO8. The summed E-state index contributed by atoms with van der Waals surface area (Å²) in [6, 6.07) is -0.553. The lowest BCUT2D eigenvalue weighted by molar-refractivity contribution is -0.301. The largest absolute Gasteiger partial charge is 0.463 e. The van der Waals surface area contributed by atoms with Crippen LogP contribution in [0.4, 0.5) is 0 Å². The number of nitrogens with zero attached hydrogens (tertiary/aromatic N) is 1. The standard InChI is InChI=1S/C21H33NO8/c1-13-20(27-15(3)24)21(28-16(4)25)18(12-26-14(2)23)29-30-19(22-13)11-17-9-7-5-6-8-10-17/h13,17-18,20-21H,5-12H2,1-4H3/t13-,18?,20?,21-/m1/s1. The first-order chi connectivity index (χ1) is 14.3. The van der Waals surface area contributed by atoms with E-state index < -0.39 is 42.3 Å². The fraction of sp³-hybridized carbons (Fsp3) is 0.810. The van der Waals surface area contributed by atoms with E-state index in [-0.39, 0.29) is 6.61 Å². The van der Waals surface area contributed by atoms with E-state index in [1.165, 1.54) is 46.5 Å². The van der Waals surface area contributed by atoms with Crippen molar-refractivity contribution in [2.24, 2.45) is 10.9 Å². The maximum absolute atomic E-state index is 11.7. The molecule has 4 atom stereocenters. The van der Waals surface area contributed by atoms with Crippen molar-refractivity contribution in [1.29, 1.82) is 0 Å². The number of hydrogen-bond donors (Lipinski definition) is 0. The Hall–Kier alpha value is -2.16. The number of aliphatic imine (C=N–C) groups is 1. The van der Waals surface area contributed by atoms with Crippen LogP contribution in [0, 0.1) is 5.92 Å². The lowest BCUT2D eigenvalue weighted by Gasteiger charge is -2.35. The van der Waals surface area contributed by atoms with Crippen LogP contribution >= 0.6 is 0 Å². The van der Waals surface area contributed by atoms with Crippen LogP contribution < -0.4 is 0 Å². The minimum absolute atomic E-state index is 0.228. The summed E-state index contributed by atoms with van der Waals surface area (Å²) in [5.74, 6) is -0.821. The van der Waals surface area contributed by atoms with Crippen LogP contribution in [0.25, 0.3) is 0 Å². The first-order valence-corrected chi connectivity index (χ1v) is 10.6. The fourth-order valence-electron chi connectivity index (χ4n) is 3.90. The van der Waals surface area contributed by atoms with Crippen molar-refractivity contribution in [2.45, 2.75) is 97.0 Å². The Bertz CT molecular complexity index is 626. The molecule has 0 radical (unpaired) electrons. The third-order valence-corrected chi connectivity index (χ3v) is 5.27. The molecule has 0 aromatic heterocycles. The predicted octanol–water partition coefficient (Wildman–Crippen LogP) is 2.89. The monoisotopic (exact) mass is 427 g/mol. The zero-order valence-electron chi connectivity index (χ0n) is 18.3. The lowest BCUT2D eigenvalue weighted by Crippen LogP contribution is -2.52. The minimum Gasteiger partial charge on any atom is -0.463 e. The zero-order valence-corrected chi connectivity index (χ0v) is 18.3. The molecule has 170 valence electrons. The van der Waals surface area contributed by atoms with Gasteiger partial charge in [0.1, 0.15) is 6.61 Å². The van der Waals surface area contributed by atoms with E-state index in [9.17, 15) is 14.4 Å². The van der Waals surface area contributed by atoms with Gasteiger partial charge in [0.05, 0.1) is 6.04 Å². The third kappa shape index (κ3) is 7.93. The second-order valence-electron chi connectivity index (χ2n) is 7.99. The van der Waals surface area contributed by atoms with E-state index in [4.69, 9.17) is 24.0 Å². The van der Waals surface area contributed by atoms with Gasteiger partial charge in [0.25, 0.3) is 0 Å². The van der Waals surface area contributed by atoms with Gasteiger partial charge in [-0.3, -0.25) is 14.4 Å². The van der Waals surface area contributed by atoms with E-state index in [1.807, 2.05) is 0 Å². The topological polar surface area (TPSA) is 110 Å². The van der Waals surface area contributed by atoms with Crippen molar-refractivity contribution < 1.29 is 38.4 Å². The van der Waals surface area contributed by atoms with Crippen molar-refractivity contribution in [3.05, 3.63) is 0 Å². The Morgan fingerprint density at radius 3 is 2.10 bits per heavy atom. The predicted molar refractivity (Wildman–Crippen MR) is 106 cm³/mol. The van der Waals surface area contributed by atoms with Gasteiger partial charge in [0.2, 0.25) is 5.90 Å². The molecule has 2 aliphatic rings. The number of rotatable bonds is 6. The van der Waals surface area contributed by atoms with Crippen molar-refractivity contribution in [2.75, 3.05) is 6.61 Å². The Morgan fingerprint density at radius 2 is 1.53 bits per heavy atom. The van der Waals surface area contributed by atoms with E-state index in [1.54, 1.807) is 6.92 Å². The van der Waals surface area contributed by atoms with Crippen LogP contribution in [0.3, 0.4) is 0 Å². The molecular weight excluding hydrogens is 394 g/mol. The summed E-state index contributed by atoms with van der Waals surface area (Å²) in [7, 11) is 0. The molecule has 0 amide bonds. The molecule has 0 N–H and O–H groups in total. The second kappa shape index (κ2) is 11.9. The molecule has 30 heavy (non-hydrogen) atoms. The number of hydrogen-bond acceptors (Lipinski definition) is 9.